The third-order valence-electron chi connectivity index (χ3n) is 2.67. The average Bonchev–Trinajstić information content (AvgIpc) is 2.89. The summed E-state index contributed by atoms with van der Waals surface area (Å²) in [5, 5.41) is 9.03. The minimum Gasteiger partial charge on any atom is -0.464 e. The lowest BCUT2D eigenvalue weighted by atomic mass is 10.1. The molecule has 0 radical (unpaired) electrons. The smallest absolute Gasteiger partial charge is 0.333 e. The van der Waals surface area contributed by atoms with Crippen LogP contribution in [-0.4, -0.2) is 22.1 Å². The van der Waals surface area contributed by atoms with E-state index in [0.717, 1.165) is 5.56 Å². The van der Waals surface area contributed by atoms with E-state index in [1.807, 2.05) is 36.4 Å². The van der Waals surface area contributed by atoms with Gasteiger partial charge < -0.3 is 9.30 Å². The molecule has 0 aliphatic carbocycles. The van der Waals surface area contributed by atoms with E-state index in [0.29, 0.717) is 6.61 Å². The SMILES string of the molecule is CCOC(=O)C(c1ccccc1)n1ccnc1C#N. The van der Waals surface area contributed by atoms with Gasteiger partial charge >= 0.3 is 5.97 Å². The van der Waals surface area contributed by atoms with E-state index in [-0.39, 0.29) is 5.82 Å². The average molecular weight is 255 g/mol. The summed E-state index contributed by atoms with van der Waals surface area (Å²) in [5.41, 5.74) is 0.760. The van der Waals surface area contributed by atoms with Crippen LogP contribution in [0.2, 0.25) is 0 Å². The van der Waals surface area contributed by atoms with Gasteiger partial charge in [-0.25, -0.2) is 9.78 Å². The largest absolute Gasteiger partial charge is 0.464 e. The molecule has 5 nitrogen and oxygen atoms in total. The van der Waals surface area contributed by atoms with Crippen LogP contribution in [0.25, 0.3) is 0 Å². The molecule has 5 heteroatoms. The Hall–Kier alpha value is -2.61. The predicted molar refractivity (Wildman–Crippen MR) is 68.2 cm³/mol. The maximum atomic E-state index is 12.1. The Morgan fingerprint density at radius 1 is 1.47 bits per heavy atom. The molecular formula is C14H13N3O2. The van der Waals surface area contributed by atoms with Crippen LogP contribution < -0.4 is 0 Å². The molecule has 1 atom stereocenters. The molecule has 0 fully saturated rings. The summed E-state index contributed by atoms with van der Waals surface area (Å²) in [6.45, 7) is 2.04. The van der Waals surface area contributed by atoms with Crippen molar-refractivity contribution in [3.05, 3.63) is 54.1 Å². The summed E-state index contributed by atoms with van der Waals surface area (Å²) in [5.74, 6) is -0.217. The summed E-state index contributed by atoms with van der Waals surface area (Å²) < 4.78 is 6.61. The first-order valence-electron chi connectivity index (χ1n) is 5.92. The van der Waals surface area contributed by atoms with Gasteiger partial charge in [-0.1, -0.05) is 30.3 Å². The molecule has 0 aliphatic rings. The first-order chi connectivity index (χ1) is 9.27. The van der Waals surface area contributed by atoms with Gasteiger partial charge in [0.2, 0.25) is 5.82 Å². The van der Waals surface area contributed by atoms with Gasteiger partial charge in [0.05, 0.1) is 6.61 Å². The lowest BCUT2D eigenvalue weighted by Crippen LogP contribution is -2.23. The first-order valence-corrected chi connectivity index (χ1v) is 5.92. The minimum absolute atomic E-state index is 0.182. The molecule has 0 amide bonds. The highest BCUT2D eigenvalue weighted by Gasteiger charge is 2.25. The van der Waals surface area contributed by atoms with Gasteiger partial charge in [-0.3, -0.25) is 0 Å². The van der Waals surface area contributed by atoms with Crippen molar-refractivity contribution >= 4 is 5.97 Å². The van der Waals surface area contributed by atoms with Gasteiger partial charge in [0.15, 0.2) is 6.04 Å². The van der Waals surface area contributed by atoms with Crippen LogP contribution in [0.5, 0.6) is 0 Å². The zero-order chi connectivity index (χ0) is 13.7. The minimum atomic E-state index is -0.682. The van der Waals surface area contributed by atoms with Crippen molar-refractivity contribution in [2.24, 2.45) is 0 Å². The van der Waals surface area contributed by atoms with E-state index < -0.39 is 12.0 Å². The molecular weight excluding hydrogens is 242 g/mol. The predicted octanol–water partition coefficient (Wildman–Crippen LogP) is 1.91. The monoisotopic (exact) mass is 255 g/mol. The van der Waals surface area contributed by atoms with Crippen LogP contribution >= 0.6 is 0 Å². The topological polar surface area (TPSA) is 67.9 Å². The Bertz CT molecular complexity index is 599. The molecule has 96 valence electrons. The lowest BCUT2D eigenvalue weighted by molar-refractivity contribution is -0.145. The second-order valence-corrected chi connectivity index (χ2v) is 3.84. The number of hydrogen-bond acceptors (Lipinski definition) is 4. The van der Waals surface area contributed by atoms with E-state index in [1.165, 1.54) is 10.8 Å². The molecule has 1 unspecified atom stereocenters. The van der Waals surface area contributed by atoms with Crippen LogP contribution in [0.4, 0.5) is 0 Å². The number of hydrogen-bond donors (Lipinski definition) is 0. The number of imidazole rings is 1. The number of benzene rings is 1. The Morgan fingerprint density at radius 3 is 2.84 bits per heavy atom. The Morgan fingerprint density at radius 2 is 2.21 bits per heavy atom. The van der Waals surface area contributed by atoms with E-state index in [1.54, 1.807) is 13.1 Å². The standard InChI is InChI=1S/C14H13N3O2/c1-2-19-14(18)13(11-6-4-3-5-7-11)17-9-8-16-12(17)10-15/h3-9,13H,2H2,1H3. The number of ether oxygens (including phenoxy) is 1. The van der Waals surface area contributed by atoms with E-state index in [2.05, 4.69) is 4.98 Å². The highest BCUT2D eigenvalue weighted by atomic mass is 16.5. The van der Waals surface area contributed by atoms with Crippen LogP contribution in [0, 0.1) is 11.3 Å². The number of nitriles is 1. The third-order valence-corrected chi connectivity index (χ3v) is 2.67. The van der Waals surface area contributed by atoms with Crippen LogP contribution in [-0.2, 0) is 9.53 Å². The van der Waals surface area contributed by atoms with E-state index in [4.69, 9.17) is 10.00 Å². The first kappa shape index (κ1) is 12.8. The lowest BCUT2D eigenvalue weighted by Gasteiger charge is -2.17. The number of carbonyl (C=O) groups is 1. The highest BCUT2D eigenvalue weighted by molar-refractivity contribution is 5.78. The Kier molecular flexibility index (Phi) is 3.94. The number of esters is 1. The van der Waals surface area contributed by atoms with Crippen molar-refractivity contribution in [1.82, 2.24) is 9.55 Å². The van der Waals surface area contributed by atoms with Crippen molar-refractivity contribution in [2.45, 2.75) is 13.0 Å². The highest BCUT2D eigenvalue weighted by Crippen LogP contribution is 2.21. The summed E-state index contributed by atoms with van der Waals surface area (Å²) in [6.07, 6.45) is 3.10. The van der Waals surface area contributed by atoms with Crippen molar-refractivity contribution in [3.8, 4) is 6.07 Å². The van der Waals surface area contributed by atoms with Crippen molar-refractivity contribution < 1.29 is 9.53 Å². The fraction of sp³-hybridized carbons (Fsp3) is 0.214. The fourth-order valence-corrected chi connectivity index (χ4v) is 1.87. The number of nitrogens with zero attached hydrogens (tertiary/aromatic N) is 3. The van der Waals surface area contributed by atoms with Crippen LogP contribution in [0.1, 0.15) is 24.4 Å². The summed E-state index contributed by atoms with van der Waals surface area (Å²) in [4.78, 5) is 16.0. The summed E-state index contributed by atoms with van der Waals surface area (Å²) >= 11 is 0. The van der Waals surface area contributed by atoms with Crippen molar-refractivity contribution in [3.63, 3.8) is 0 Å². The van der Waals surface area contributed by atoms with Gasteiger partial charge in [0.25, 0.3) is 0 Å². The van der Waals surface area contributed by atoms with E-state index >= 15 is 0 Å². The maximum absolute atomic E-state index is 12.1. The molecule has 0 bridgehead atoms. The molecule has 0 saturated heterocycles. The molecule has 19 heavy (non-hydrogen) atoms. The molecule has 1 heterocycles. The third kappa shape index (κ3) is 2.63. The Balaban J connectivity index is 2.47. The van der Waals surface area contributed by atoms with Crippen molar-refractivity contribution in [2.75, 3.05) is 6.61 Å². The fourth-order valence-electron chi connectivity index (χ4n) is 1.87. The molecule has 0 saturated carbocycles. The number of aromatic nitrogens is 2. The molecule has 1 aromatic heterocycles. The number of carbonyl (C=O) groups excluding carboxylic acids is 1. The zero-order valence-electron chi connectivity index (χ0n) is 10.5. The quantitative estimate of drug-likeness (QED) is 0.782. The molecule has 0 aliphatic heterocycles. The molecule has 0 spiro atoms. The van der Waals surface area contributed by atoms with Gasteiger partial charge in [-0.05, 0) is 12.5 Å². The maximum Gasteiger partial charge on any atom is 0.333 e. The number of rotatable bonds is 4. The zero-order valence-corrected chi connectivity index (χ0v) is 10.5. The van der Waals surface area contributed by atoms with Crippen LogP contribution in [0.3, 0.4) is 0 Å². The second-order valence-electron chi connectivity index (χ2n) is 3.84. The van der Waals surface area contributed by atoms with Crippen LogP contribution in [0.15, 0.2) is 42.7 Å². The summed E-state index contributed by atoms with van der Waals surface area (Å²) in [6, 6.07) is 10.5. The second kappa shape index (κ2) is 5.83. The van der Waals surface area contributed by atoms with Gasteiger partial charge in [0, 0.05) is 12.4 Å². The van der Waals surface area contributed by atoms with Gasteiger partial charge in [-0.15, -0.1) is 0 Å². The van der Waals surface area contributed by atoms with Crippen molar-refractivity contribution in [1.29, 1.82) is 5.26 Å². The molecule has 1 aromatic carbocycles. The molecule has 2 rings (SSSR count). The normalized spacial score (nSPS) is 11.6. The van der Waals surface area contributed by atoms with E-state index in [9.17, 15) is 4.79 Å². The Labute approximate surface area is 111 Å². The molecule has 0 N–H and O–H groups in total. The molecule has 2 aromatic rings. The summed E-state index contributed by atoms with van der Waals surface area (Å²) in [7, 11) is 0. The van der Waals surface area contributed by atoms with Gasteiger partial charge in [-0.2, -0.15) is 5.26 Å². The van der Waals surface area contributed by atoms with Gasteiger partial charge in [0.1, 0.15) is 6.07 Å².